The molecule has 2 aromatic rings. The van der Waals surface area contributed by atoms with Crippen LogP contribution in [0.2, 0.25) is 0 Å². The predicted octanol–water partition coefficient (Wildman–Crippen LogP) is 2.24. The maximum atomic E-state index is 12.0. The van der Waals surface area contributed by atoms with E-state index in [9.17, 15) is 9.59 Å². The summed E-state index contributed by atoms with van der Waals surface area (Å²) >= 11 is 1.52. The Hall–Kier alpha value is -2.15. The smallest absolute Gasteiger partial charge is 0.311 e. The molecule has 2 N–H and O–H groups in total. The molecule has 1 fully saturated rings. The maximum Gasteiger partial charge on any atom is 0.311 e. The second-order valence-electron chi connectivity index (χ2n) is 5.54. The normalized spacial score (nSPS) is 15.5. The monoisotopic (exact) mass is 320 g/mol. The molecule has 1 aliphatic rings. The molecule has 2 aromatic heterocycles. The van der Waals surface area contributed by atoms with E-state index in [0.29, 0.717) is 30.2 Å². The van der Waals surface area contributed by atoms with E-state index in [0.717, 1.165) is 4.88 Å². The summed E-state index contributed by atoms with van der Waals surface area (Å²) in [5.41, 5.74) is -0.169. The van der Waals surface area contributed by atoms with Gasteiger partial charge in [-0.15, -0.1) is 11.3 Å². The molecule has 0 radical (unpaired) electrons. The Morgan fingerprint density at radius 2 is 2.27 bits per heavy atom. The standard InChI is InChI=1S/C15H16N2O4S/c1-9-10(17-13(21-9)11-3-2-6-22-11)7-12(18)16-8-15(4-5-15)14(19)20/h2-3,6H,4-5,7-8H2,1H3,(H,16,18)(H,19,20). The number of oxazole rings is 1. The average molecular weight is 320 g/mol. The first-order chi connectivity index (χ1) is 10.5. The van der Waals surface area contributed by atoms with Crippen molar-refractivity contribution < 1.29 is 19.1 Å². The van der Waals surface area contributed by atoms with E-state index >= 15 is 0 Å². The zero-order chi connectivity index (χ0) is 15.7. The van der Waals surface area contributed by atoms with Crippen LogP contribution < -0.4 is 5.32 Å². The van der Waals surface area contributed by atoms with Crippen molar-refractivity contribution in [3.8, 4) is 10.8 Å². The molecule has 7 heteroatoms. The summed E-state index contributed by atoms with van der Waals surface area (Å²) in [6.07, 6.45) is 1.33. The molecule has 1 aliphatic carbocycles. The highest BCUT2D eigenvalue weighted by Gasteiger charge is 2.50. The third-order valence-corrected chi connectivity index (χ3v) is 4.74. The zero-order valence-corrected chi connectivity index (χ0v) is 12.9. The number of aliphatic carboxylic acids is 1. The number of hydrogen-bond donors (Lipinski definition) is 2. The van der Waals surface area contributed by atoms with Gasteiger partial charge in [0.2, 0.25) is 11.8 Å². The van der Waals surface area contributed by atoms with Crippen LogP contribution in [0.5, 0.6) is 0 Å². The number of nitrogens with one attached hydrogen (secondary N) is 1. The number of aryl methyl sites for hydroxylation is 1. The number of nitrogens with zero attached hydrogens (tertiary/aromatic N) is 1. The molecule has 0 atom stereocenters. The SMILES string of the molecule is Cc1oc(-c2cccs2)nc1CC(=O)NCC1(C(=O)O)CC1. The molecule has 1 amide bonds. The second kappa shape index (κ2) is 5.57. The lowest BCUT2D eigenvalue weighted by Gasteiger charge is -2.10. The molecular weight excluding hydrogens is 304 g/mol. The Kier molecular flexibility index (Phi) is 3.74. The quantitative estimate of drug-likeness (QED) is 0.851. The van der Waals surface area contributed by atoms with Crippen molar-refractivity contribution in [3.63, 3.8) is 0 Å². The minimum Gasteiger partial charge on any atom is -0.481 e. The molecule has 3 rings (SSSR count). The van der Waals surface area contributed by atoms with Gasteiger partial charge < -0.3 is 14.8 Å². The summed E-state index contributed by atoms with van der Waals surface area (Å²) in [5.74, 6) is 0.0458. The molecule has 0 aromatic carbocycles. The van der Waals surface area contributed by atoms with Crippen LogP contribution in [0.1, 0.15) is 24.3 Å². The van der Waals surface area contributed by atoms with Gasteiger partial charge in [0, 0.05) is 6.54 Å². The fourth-order valence-electron chi connectivity index (χ4n) is 2.20. The van der Waals surface area contributed by atoms with Gasteiger partial charge in [0.1, 0.15) is 5.76 Å². The first-order valence-electron chi connectivity index (χ1n) is 7.00. The topological polar surface area (TPSA) is 92.4 Å². The molecule has 0 bridgehead atoms. The van der Waals surface area contributed by atoms with Crippen molar-refractivity contribution in [2.45, 2.75) is 26.2 Å². The summed E-state index contributed by atoms with van der Waals surface area (Å²) in [5, 5.41) is 13.7. The molecule has 0 spiro atoms. The minimum atomic E-state index is -0.842. The van der Waals surface area contributed by atoms with E-state index in [1.807, 2.05) is 17.5 Å². The van der Waals surface area contributed by atoms with Gasteiger partial charge in [0.25, 0.3) is 0 Å². The number of rotatable bonds is 6. The van der Waals surface area contributed by atoms with Crippen LogP contribution in [-0.4, -0.2) is 28.5 Å². The number of aromatic nitrogens is 1. The lowest BCUT2D eigenvalue weighted by atomic mass is 10.1. The molecule has 6 nitrogen and oxygen atoms in total. The number of amides is 1. The van der Waals surface area contributed by atoms with Crippen LogP contribution in [0.15, 0.2) is 21.9 Å². The molecular formula is C15H16N2O4S. The number of hydrogen-bond acceptors (Lipinski definition) is 5. The van der Waals surface area contributed by atoms with Gasteiger partial charge in [-0.3, -0.25) is 9.59 Å². The second-order valence-corrected chi connectivity index (χ2v) is 6.49. The van der Waals surface area contributed by atoms with Crippen molar-refractivity contribution in [2.75, 3.05) is 6.54 Å². The number of thiophene rings is 1. The van der Waals surface area contributed by atoms with Crippen molar-refractivity contribution in [3.05, 3.63) is 29.0 Å². The van der Waals surface area contributed by atoms with E-state index in [4.69, 9.17) is 9.52 Å². The molecule has 116 valence electrons. The lowest BCUT2D eigenvalue weighted by molar-refractivity contribution is -0.143. The molecule has 22 heavy (non-hydrogen) atoms. The van der Waals surface area contributed by atoms with E-state index in [1.165, 1.54) is 11.3 Å². The molecule has 2 heterocycles. The summed E-state index contributed by atoms with van der Waals surface area (Å²) in [4.78, 5) is 28.3. The van der Waals surface area contributed by atoms with Gasteiger partial charge in [-0.1, -0.05) is 6.07 Å². The number of carboxylic acid groups (broad SMARTS) is 1. The van der Waals surface area contributed by atoms with Gasteiger partial charge in [-0.2, -0.15) is 0 Å². The molecule has 0 saturated heterocycles. The van der Waals surface area contributed by atoms with Crippen LogP contribution in [0, 0.1) is 12.3 Å². The van der Waals surface area contributed by atoms with Gasteiger partial charge in [-0.25, -0.2) is 4.98 Å². The number of carbonyl (C=O) groups excluding carboxylic acids is 1. The van der Waals surface area contributed by atoms with E-state index in [-0.39, 0.29) is 18.9 Å². The van der Waals surface area contributed by atoms with Gasteiger partial charge in [-0.05, 0) is 31.2 Å². The van der Waals surface area contributed by atoms with E-state index in [2.05, 4.69) is 10.3 Å². The average Bonchev–Trinajstić information content (AvgIpc) is 2.91. The van der Waals surface area contributed by atoms with Gasteiger partial charge in [0.15, 0.2) is 0 Å². The van der Waals surface area contributed by atoms with E-state index in [1.54, 1.807) is 6.92 Å². The highest BCUT2D eigenvalue weighted by molar-refractivity contribution is 7.13. The van der Waals surface area contributed by atoms with Crippen LogP contribution >= 0.6 is 11.3 Å². The third kappa shape index (κ3) is 2.89. The largest absolute Gasteiger partial charge is 0.481 e. The highest BCUT2D eigenvalue weighted by Crippen LogP contribution is 2.45. The zero-order valence-electron chi connectivity index (χ0n) is 12.1. The Morgan fingerprint density at radius 1 is 1.50 bits per heavy atom. The van der Waals surface area contributed by atoms with Crippen molar-refractivity contribution in [2.24, 2.45) is 5.41 Å². The molecule has 1 saturated carbocycles. The Morgan fingerprint density at radius 3 is 2.86 bits per heavy atom. The van der Waals surface area contributed by atoms with Crippen molar-refractivity contribution in [1.82, 2.24) is 10.3 Å². The molecule has 0 aliphatic heterocycles. The Balaban J connectivity index is 1.61. The molecule has 0 unspecified atom stereocenters. The number of carboxylic acids is 1. The summed E-state index contributed by atoms with van der Waals surface area (Å²) in [6, 6.07) is 3.82. The fraction of sp³-hybridized carbons (Fsp3) is 0.400. The maximum absolute atomic E-state index is 12.0. The van der Waals surface area contributed by atoms with Crippen LogP contribution in [0.3, 0.4) is 0 Å². The fourth-order valence-corrected chi connectivity index (χ4v) is 2.85. The summed E-state index contributed by atoms with van der Waals surface area (Å²) in [6.45, 7) is 1.95. The van der Waals surface area contributed by atoms with Crippen molar-refractivity contribution in [1.29, 1.82) is 0 Å². The summed E-state index contributed by atoms with van der Waals surface area (Å²) in [7, 11) is 0. The van der Waals surface area contributed by atoms with Crippen LogP contribution in [0.4, 0.5) is 0 Å². The lowest BCUT2D eigenvalue weighted by Crippen LogP contribution is -2.35. The number of carbonyl (C=O) groups is 2. The first-order valence-corrected chi connectivity index (χ1v) is 7.88. The minimum absolute atomic E-state index is 0.0937. The Bertz CT molecular complexity index is 701. The van der Waals surface area contributed by atoms with Gasteiger partial charge in [0.05, 0.1) is 22.4 Å². The van der Waals surface area contributed by atoms with Gasteiger partial charge >= 0.3 is 5.97 Å². The third-order valence-electron chi connectivity index (χ3n) is 3.88. The first kappa shape index (κ1) is 14.8. The van der Waals surface area contributed by atoms with E-state index < -0.39 is 11.4 Å². The highest BCUT2D eigenvalue weighted by atomic mass is 32.1. The predicted molar refractivity (Wildman–Crippen MR) is 80.6 cm³/mol. The summed E-state index contributed by atoms with van der Waals surface area (Å²) < 4.78 is 5.58. The van der Waals surface area contributed by atoms with Crippen LogP contribution in [0.25, 0.3) is 10.8 Å². The Labute approximate surface area is 131 Å². The van der Waals surface area contributed by atoms with Crippen molar-refractivity contribution >= 4 is 23.2 Å². The van der Waals surface area contributed by atoms with Crippen LogP contribution in [-0.2, 0) is 16.0 Å².